The minimum Gasteiger partial charge on any atom is -0.478 e. The molecule has 1 N–H and O–H groups in total. The van der Waals surface area contributed by atoms with E-state index in [1.165, 1.54) is 83.1 Å². The van der Waals surface area contributed by atoms with E-state index in [1.807, 2.05) is 0 Å². The lowest BCUT2D eigenvalue weighted by Gasteiger charge is -2.32. The lowest BCUT2D eigenvalue weighted by Crippen LogP contribution is -2.21. The zero-order chi connectivity index (χ0) is 17.0. The van der Waals surface area contributed by atoms with Gasteiger partial charge in [-0.1, -0.05) is 71.3 Å². The highest BCUT2D eigenvalue weighted by Crippen LogP contribution is 2.48. The third kappa shape index (κ3) is 8.58. The Morgan fingerprint density at radius 2 is 1.87 bits per heavy atom. The van der Waals surface area contributed by atoms with Crippen molar-refractivity contribution in [2.45, 2.75) is 104 Å². The van der Waals surface area contributed by atoms with Gasteiger partial charge in [0.25, 0.3) is 0 Å². The van der Waals surface area contributed by atoms with Gasteiger partial charge in [-0.05, 0) is 49.9 Å². The molecule has 0 unspecified atom stereocenters. The van der Waals surface area contributed by atoms with Crippen LogP contribution in [0.4, 0.5) is 0 Å². The van der Waals surface area contributed by atoms with Crippen molar-refractivity contribution in [3.05, 3.63) is 12.2 Å². The fourth-order valence-corrected chi connectivity index (χ4v) is 4.27. The van der Waals surface area contributed by atoms with E-state index < -0.39 is 5.97 Å². The normalized spacial score (nSPS) is 24.5. The number of carbonyl (C=O) groups is 1. The van der Waals surface area contributed by atoms with Crippen molar-refractivity contribution in [3.63, 3.8) is 0 Å². The number of carboxylic acid groups (broad SMARTS) is 1. The second-order valence-electron chi connectivity index (χ2n) is 7.79. The van der Waals surface area contributed by atoms with Crippen molar-refractivity contribution in [1.29, 1.82) is 0 Å². The first-order chi connectivity index (χ1) is 11.1. The number of hydrogen-bond donors (Lipinski definition) is 1. The van der Waals surface area contributed by atoms with Crippen molar-refractivity contribution in [1.82, 2.24) is 0 Å². The number of aliphatic carboxylic acids is 1. The average molecular weight is 323 g/mol. The lowest BCUT2D eigenvalue weighted by atomic mass is 9.73. The molecule has 0 radical (unpaired) electrons. The number of hydrogen-bond acceptors (Lipinski definition) is 1. The minimum atomic E-state index is -0.827. The van der Waals surface area contributed by atoms with Crippen molar-refractivity contribution < 1.29 is 9.90 Å². The van der Waals surface area contributed by atoms with Crippen molar-refractivity contribution >= 4 is 5.97 Å². The Morgan fingerprint density at radius 3 is 2.61 bits per heavy atom. The van der Waals surface area contributed by atoms with Gasteiger partial charge in [-0.3, -0.25) is 0 Å². The summed E-state index contributed by atoms with van der Waals surface area (Å²) in [6, 6.07) is 0. The van der Waals surface area contributed by atoms with Crippen LogP contribution in [0.5, 0.6) is 0 Å². The van der Waals surface area contributed by atoms with Crippen molar-refractivity contribution in [3.8, 4) is 0 Å². The Morgan fingerprint density at radius 1 is 1.13 bits per heavy atom. The van der Waals surface area contributed by atoms with E-state index in [4.69, 9.17) is 5.11 Å². The molecular weight excluding hydrogens is 284 g/mol. The molecule has 0 aliphatic heterocycles. The largest absolute Gasteiger partial charge is 0.478 e. The van der Waals surface area contributed by atoms with E-state index in [9.17, 15) is 4.79 Å². The van der Waals surface area contributed by atoms with Crippen LogP contribution in [0.3, 0.4) is 0 Å². The topological polar surface area (TPSA) is 37.3 Å². The molecule has 1 saturated carbocycles. The zero-order valence-corrected chi connectivity index (χ0v) is 15.5. The van der Waals surface area contributed by atoms with Crippen LogP contribution in [-0.4, -0.2) is 11.1 Å². The maximum atomic E-state index is 10.4. The molecule has 0 aromatic heterocycles. The fraction of sp³-hybridized carbons (Fsp3) is 0.857. The van der Waals surface area contributed by atoms with Gasteiger partial charge in [-0.2, -0.15) is 0 Å². The molecule has 2 nitrogen and oxygen atoms in total. The predicted octanol–water partition coefficient (Wildman–Crippen LogP) is 6.74. The summed E-state index contributed by atoms with van der Waals surface area (Å²) >= 11 is 0. The van der Waals surface area contributed by atoms with Gasteiger partial charge in [0.15, 0.2) is 0 Å². The second kappa shape index (κ2) is 11.7. The quantitative estimate of drug-likeness (QED) is 0.301. The standard InChI is InChI=1S/C21H38O2/c1-3-4-5-6-7-10-14-19-15-13-18-21(19,2)17-12-9-8-11-16-20(22)23/h11,16,19H,3-10,12-15,17-18H2,1-2H3,(H,22,23)/t19-,21-/m0/s1. The molecule has 23 heavy (non-hydrogen) atoms. The summed E-state index contributed by atoms with van der Waals surface area (Å²) in [7, 11) is 0. The zero-order valence-electron chi connectivity index (χ0n) is 15.5. The molecule has 0 amide bonds. The molecule has 0 heterocycles. The molecule has 0 aromatic carbocycles. The molecule has 0 bridgehead atoms. The highest BCUT2D eigenvalue weighted by Gasteiger charge is 2.37. The lowest BCUT2D eigenvalue weighted by molar-refractivity contribution is -0.131. The Bertz CT molecular complexity index is 348. The maximum Gasteiger partial charge on any atom is 0.327 e. The molecule has 0 spiro atoms. The first-order valence-corrected chi connectivity index (χ1v) is 9.98. The Balaban J connectivity index is 2.17. The van der Waals surface area contributed by atoms with Crippen LogP contribution in [0, 0.1) is 11.3 Å². The molecule has 1 rings (SSSR count). The summed E-state index contributed by atoms with van der Waals surface area (Å²) in [6.45, 7) is 4.79. The van der Waals surface area contributed by atoms with Crippen molar-refractivity contribution in [2.75, 3.05) is 0 Å². The van der Waals surface area contributed by atoms with Crippen LogP contribution in [0.1, 0.15) is 104 Å². The average Bonchev–Trinajstić information content (AvgIpc) is 2.87. The third-order valence-electron chi connectivity index (χ3n) is 5.82. The maximum absolute atomic E-state index is 10.4. The molecule has 2 heteroatoms. The van der Waals surface area contributed by atoms with Crippen LogP contribution >= 0.6 is 0 Å². The van der Waals surface area contributed by atoms with Gasteiger partial charge >= 0.3 is 5.97 Å². The van der Waals surface area contributed by atoms with E-state index in [-0.39, 0.29) is 0 Å². The van der Waals surface area contributed by atoms with Gasteiger partial charge < -0.3 is 5.11 Å². The molecule has 1 aliphatic carbocycles. The van der Waals surface area contributed by atoms with E-state index in [0.29, 0.717) is 5.41 Å². The predicted molar refractivity (Wildman–Crippen MR) is 98.7 cm³/mol. The molecule has 2 atom stereocenters. The molecule has 0 aromatic rings. The number of carboxylic acids is 1. The summed E-state index contributed by atoms with van der Waals surface area (Å²) in [5, 5.41) is 8.58. The first kappa shape index (κ1) is 20.3. The van der Waals surface area contributed by atoms with E-state index in [2.05, 4.69) is 13.8 Å². The third-order valence-corrected chi connectivity index (χ3v) is 5.82. The van der Waals surface area contributed by atoms with Gasteiger partial charge in [0.05, 0.1) is 0 Å². The summed E-state index contributed by atoms with van der Waals surface area (Å²) in [6.07, 6.45) is 21.8. The molecule has 0 saturated heterocycles. The van der Waals surface area contributed by atoms with Gasteiger partial charge in [0.1, 0.15) is 0 Å². The highest BCUT2D eigenvalue weighted by atomic mass is 16.4. The van der Waals surface area contributed by atoms with Gasteiger partial charge in [-0.25, -0.2) is 4.79 Å². The summed E-state index contributed by atoms with van der Waals surface area (Å²) in [4.78, 5) is 10.4. The van der Waals surface area contributed by atoms with Crippen LogP contribution < -0.4 is 0 Å². The molecular formula is C21H38O2. The second-order valence-corrected chi connectivity index (χ2v) is 7.79. The minimum absolute atomic E-state index is 0.555. The van der Waals surface area contributed by atoms with E-state index >= 15 is 0 Å². The van der Waals surface area contributed by atoms with Crippen LogP contribution in [0.15, 0.2) is 12.2 Å². The van der Waals surface area contributed by atoms with E-state index in [1.54, 1.807) is 6.08 Å². The number of rotatable bonds is 13. The Labute approximate surface area is 143 Å². The fourth-order valence-electron chi connectivity index (χ4n) is 4.27. The van der Waals surface area contributed by atoms with Crippen LogP contribution in [0.2, 0.25) is 0 Å². The van der Waals surface area contributed by atoms with Crippen LogP contribution in [-0.2, 0) is 4.79 Å². The highest BCUT2D eigenvalue weighted by molar-refractivity contribution is 5.79. The van der Waals surface area contributed by atoms with Gasteiger partial charge in [0, 0.05) is 6.08 Å². The van der Waals surface area contributed by atoms with E-state index in [0.717, 1.165) is 18.8 Å². The number of unbranched alkanes of at least 4 members (excludes halogenated alkanes) is 7. The summed E-state index contributed by atoms with van der Waals surface area (Å²) in [5.74, 6) is 0.106. The Hall–Kier alpha value is -0.790. The summed E-state index contributed by atoms with van der Waals surface area (Å²) in [5.41, 5.74) is 0.555. The SMILES string of the molecule is CCCCCCCC[C@H]1CCC[C@]1(C)CCCCC=CC(=O)O. The monoisotopic (exact) mass is 322 g/mol. The summed E-state index contributed by atoms with van der Waals surface area (Å²) < 4.78 is 0. The Kier molecular flexibility index (Phi) is 10.3. The molecule has 1 aliphatic rings. The first-order valence-electron chi connectivity index (χ1n) is 9.98. The van der Waals surface area contributed by atoms with Crippen LogP contribution in [0.25, 0.3) is 0 Å². The molecule has 1 fully saturated rings. The van der Waals surface area contributed by atoms with Gasteiger partial charge in [0.2, 0.25) is 0 Å². The smallest absolute Gasteiger partial charge is 0.327 e. The molecule has 134 valence electrons. The van der Waals surface area contributed by atoms with Gasteiger partial charge in [-0.15, -0.1) is 0 Å². The van der Waals surface area contributed by atoms with Crippen molar-refractivity contribution in [2.24, 2.45) is 11.3 Å². The number of allylic oxidation sites excluding steroid dienone is 1.